The summed E-state index contributed by atoms with van der Waals surface area (Å²) in [5, 5.41) is 0. The maximum absolute atomic E-state index is 11.3. The van der Waals surface area contributed by atoms with E-state index in [0.717, 1.165) is 5.56 Å². The second-order valence-corrected chi connectivity index (χ2v) is 5.64. The largest absolute Gasteiger partial charge is 0.382 e. The SMILES string of the molecule is CS(=O)(=O)c1ccc(-c2cncc(N)n2)cc1. The molecule has 17 heavy (non-hydrogen) atoms. The number of hydrogen-bond acceptors (Lipinski definition) is 5. The van der Waals surface area contributed by atoms with Crippen molar-refractivity contribution >= 4 is 15.7 Å². The van der Waals surface area contributed by atoms with Gasteiger partial charge < -0.3 is 5.73 Å². The third kappa shape index (κ3) is 2.59. The Morgan fingerprint density at radius 3 is 2.29 bits per heavy atom. The van der Waals surface area contributed by atoms with Crippen molar-refractivity contribution < 1.29 is 8.42 Å². The fourth-order valence-electron chi connectivity index (χ4n) is 1.39. The molecule has 1 heterocycles. The van der Waals surface area contributed by atoms with Crippen LogP contribution in [0.5, 0.6) is 0 Å². The van der Waals surface area contributed by atoms with E-state index in [1.807, 2.05) is 0 Å². The van der Waals surface area contributed by atoms with Crippen LogP contribution in [0.2, 0.25) is 0 Å². The van der Waals surface area contributed by atoms with E-state index in [0.29, 0.717) is 11.5 Å². The molecule has 2 rings (SSSR count). The summed E-state index contributed by atoms with van der Waals surface area (Å²) >= 11 is 0. The minimum Gasteiger partial charge on any atom is -0.382 e. The number of nitrogens with zero attached hydrogens (tertiary/aromatic N) is 2. The van der Waals surface area contributed by atoms with Gasteiger partial charge >= 0.3 is 0 Å². The summed E-state index contributed by atoms with van der Waals surface area (Å²) in [6, 6.07) is 6.44. The number of nitrogen functional groups attached to an aromatic ring is 1. The van der Waals surface area contributed by atoms with E-state index >= 15 is 0 Å². The first-order chi connectivity index (χ1) is 7.97. The van der Waals surface area contributed by atoms with Crippen LogP contribution in [-0.2, 0) is 9.84 Å². The highest BCUT2D eigenvalue weighted by atomic mass is 32.2. The van der Waals surface area contributed by atoms with Gasteiger partial charge in [-0.15, -0.1) is 0 Å². The highest BCUT2D eigenvalue weighted by Gasteiger charge is 2.07. The predicted molar refractivity (Wildman–Crippen MR) is 65.0 cm³/mol. The maximum Gasteiger partial charge on any atom is 0.175 e. The van der Waals surface area contributed by atoms with Gasteiger partial charge in [-0.2, -0.15) is 0 Å². The lowest BCUT2D eigenvalue weighted by Gasteiger charge is -2.02. The summed E-state index contributed by atoms with van der Waals surface area (Å²) in [6.07, 6.45) is 4.20. The zero-order valence-electron chi connectivity index (χ0n) is 9.16. The van der Waals surface area contributed by atoms with Crippen molar-refractivity contribution in [3.8, 4) is 11.3 Å². The summed E-state index contributed by atoms with van der Waals surface area (Å²) < 4.78 is 22.6. The predicted octanol–water partition coefficient (Wildman–Crippen LogP) is 1.13. The number of nitrogens with two attached hydrogens (primary N) is 1. The van der Waals surface area contributed by atoms with Crippen LogP contribution in [0.15, 0.2) is 41.6 Å². The summed E-state index contributed by atoms with van der Waals surface area (Å²) in [6.45, 7) is 0. The fourth-order valence-corrected chi connectivity index (χ4v) is 2.02. The number of rotatable bonds is 2. The molecule has 5 nitrogen and oxygen atoms in total. The molecule has 0 saturated heterocycles. The Morgan fingerprint density at radius 1 is 1.12 bits per heavy atom. The number of aromatic nitrogens is 2. The second kappa shape index (κ2) is 4.14. The van der Waals surface area contributed by atoms with Crippen LogP contribution >= 0.6 is 0 Å². The Kier molecular flexibility index (Phi) is 2.81. The zero-order chi connectivity index (χ0) is 12.5. The van der Waals surface area contributed by atoms with Gasteiger partial charge in [0.2, 0.25) is 0 Å². The van der Waals surface area contributed by atoms with Gasteiger partial charge in [0.25, 0.3) is 0 Å². The quantitative estimate of drug-likeness (QED) is 0.862. The van der Waals surface area contributed by atoms with Crippen molar-refractivity contribution in [2.24, 2.45) is 0 Å². The van der Waals surface area contributed by atoms with E-state index in [4.69, 9.17) is 5.73 Å². The van der Waals surface area contributed by atoms with Crippen LogP contribution in [0.4, 0.5) is 5.82 Å². The van der Waals surface area contributed by atoms with Crippen LogP contribution in [0.3, 0.4) is 0 Å². The van der Waals surface area contributed by atoms with Gasteiger partial charge in [0.05, 0.1) is 23.0 Å². The average Bonchev–Trinajstić information content (AvgIpc) is 2.28. The molecule has 88 valence electrons. The Balaban J connectivity index is 2.43. The molecule has 0 unspecified atom stereocenters. The Bertz CT molecular complexity index is 636. The summed E-state index contributed by atoms with van der Waals surface area (Å²) in [4.78, 5) is 8.30. The van der Waals surface area contributed by atoms with Crippen molar-refractivity contribution in [1.29, 1.82) is 0 Å². The van der Waals surface area contributed by atoms with Crippen LogP contribution in [-0.4, -0.2) is 24.6 Å². The molecule has 0 spiro atoms. The highest BCUT2D eigenvalue weighted by molar-refractivity contribution is 7.90. The molecule has 0 fully saturated rings. The highest BCUT2D eigenvalue weighted by Crippen LogP contribution is 2.19. The number of anilines is 1. The minimum absolute atomic E-state index is 0.276. The minimum atomic E-state index is -3.17. The molecule has 1 aromatic heterocycles. The van der Waals surface area contributed by atoms with Gasteiger partial charge in [-0.05, 0) is 12.1 Å². The van der Waals surface area contributed by atoms with Crippen LogP contribution in [0.25, 0.3) is 11.3 Å². The molecule has 0 atom stereocenters. The molecule has 0 aliphatic rings. The van der Waals surface area contributed by atoms with Gasteiger partial charge in [0.1, 0.15) is 5.82 Å². The van der Waals surface area contributed by atoms with E-state index in [1.165, 1.54) is 24.6 Å². The van der Waals surface area contributed by atoms with Crippen molar-refractivity contribution in [2.75, 3.05) is 12.0 Å². The van der Waals surface area contributed by atoms with E-state index in [-0.39, 0.29) is 4.90 Å². The molecule has 0 saturated carbocycles. The van der Waals surface area contributed by atoms with Gasteiger partial charge in [-0.3, -0.25) is 4.98 Å². The lowest BCUT2D eigenvalue weighted by atomic mass is 10.2. The van der Waals surface area contributed by atoms with Crippen LogP contribution in [0, 0.1) is 0 Å². The van der Waals surface area contributed by atoms with Gasteiger partial charge in [-0.1, -0.05) is 12.1 Å². The lowest BCUT2D eigenvalue weighted by molar-refractivity contribution is 0.602. The molecular weight excluding hydrogens is 238 g/mol. The topological polar surface area (TPSA) is 85.9 Å². The standard InChI is InChI=1S/C11H11N3O2S/c1-17(15,16)9-4-2-8(3-5-9)10-6-13-7-11(12)14-10/h2-7H,1H3,(H2,12,14). The van der Waals surface area contributed by atoms with E-state index in [1.54, 1.807) is 18.3 Å². The fraction of sp³-hybridized carbons (Fsp3) is 0.0909. The molecular formula is C11H11N3O2S. The van der Waals surface area contributed by atoms with Crippen molar-refractivity contribution in [3.63, 3.8) is 0 Å². The molecule has 1 aromatic carbocycles. The lowest BCUT2D eigenvalue weighted by Crippen LogP contribution is -1.97. The number of hydrogen-bond donors (Lipinski definition) is 1. The number of sulfone groups is 1. The normalized spacial score (nSPS) is 11.4. The summed E-state index contributed by atoms with van der Waals surface area (Å²) in [7, 11) is -3.17. The molecule has 6 heteroatoms. The van der Waals surface area contributed by atoms with Gasteiger partial charge in [0, 0.05) is 11.8 Å². The van der Waals surface area contributed by atoms with Crippen molar-refractivity contribution in [1.82, 2.24) is 9.97 Å². The van der Waals surface area contributed by atoms with Crippen molar-refractivity contribution in [3.05, 3.63) is 36.7 Å². The monoisotopic (exact) mass is 249 g/mol. The van der Waals surface area contributed by atoms with E-state index in [9.17, 15) is 8.42 Å². The molecule has 0 amide bonds. The molecule has 0 aliphatic heterocycles. The average molecular weight is 249 g/mol. The summed E-state index contributed by atoms with van der Waals surface area (Å²) in [5.41, 5.74) is 6.92. The Labute approximate surface area is 99.3 Å². The maximum atomic E-state index is 11.3. The van der Waals surface area contributed by atoms with Crippen LogP contribution < -0.4 is 5.73 Å². The van der Waals surface area contributed by atoms with E-state index in [2.05, 4.69) is 9.97 Å². The Hall–Kier alpha value is -1.95. The zero-order valence-corrected chi connectivity index (χ0v) is 9.98. The molecule has 2 N–H and O–H groups in total. The van der Waals surface area contributed by atoms with Gasteiger partial charge in [-0.25, -0.2) is 13.4 Å². The smallest absolute Gasteiger partial charge is 0.175 e. The molecule has 0 aliphatic carbocycles. The summed E-state index contributed by atoms with van der Waals surface area (Å²) in [5.74, 6) is 0.328. The third-order valence-electron chi connectivity index (χ3n) is 2.23. The van der Waals surface area contributed by atoms with Crippen molar-refractivity contribution in [2.45, 2.75) is 4.90 Å². The first-order valence-corrected chi connectivity index (χ1v) is 6.74. The second-order valence-electron chi connectivity index (χ2n) is 3.63. The first kappa shape index (κ1) is 11.5. The Morgan fingerprint density at radius 2 is 1.76 bits per heavy atom. The first-order valence-electron chi connectivity index (χ1n) is 4.85. The molecule has 0 bridgehead atoms. The molecule has 2 aromatic rings. The van der Waals surface area contributed by atoms with E-state index < -0.39 is 9.84 Å². The number of benzene rings is 1. The van der Waals surface area contributed by atoms with Gasteiger partial charge in [0.15, 0.2) is 9.84 Å². The third-order valence-corrected chi connectivity index (χ3v) is 3.36. The van der Waals surface area contributed by atoms with Crippen LogP contribution in [0.1, 0.15) is 0 Å². The molecule has 0 radical (unpaired) electrons.